The number of benzene rings is 1. The predicted octanol–water partition coefficient (Wildman–Crippen LogP) is 4.54. The number of aromatic nitrogens is 2. The van der Waals surface area contributed by atoms with Gasteiger partial charge in [-0.1, -0.05) is 35.6 Å². The van der Waals surface area contributed by atoms with Gasteiger partial charge in [0.1, 0.15) is 0 Å². The second-order valence-corrected chi connectivity index (χ2v) is 6.36. The van der Waals surface area contributed by atoms with Crippen LogP contribution in [0, 0.1) is 17.4 Å². The van der Waals surface area contributed by atoms with E-state index in [0.717, 1.165) is 11.4 Å². The Morgan fingerprint density at radius 1 is 1.24 bits per heavy atom. The largest absolute Gasteiger partial charge is 0.238 e. The van der Waals surface area contributed by atoms with Gasteiger partial charge in [-0.25, -0.2) is 4.68 Å². The van der Waals surface area contributed by atoms with Crippen molar-refractivity contribution in [2.45, 2.75) is 20.8 Å². The van der Waals surface area contributed by atoms with E-state index in [0.29, 0.717) is 0 Å². The Balaban J connectivity index is 0.000000437. The molecule has 1 heterocycles. The molecule has 0 aliphatic rings. The van der Waals surface area contributed by atoms with E-state index in [9.17, 15) is 0 Å². The van der Waals surface area contributed by atoms with E-state index < -0.39 is 0 Å². The van der Waals surface area contributed by atoms with Crippen LogP contribution in [0.5, 0.6) is 0 Å². The summed E-state index contributed by atoms with van der Waals surface area (Å²) in [7, 11) is 0. The molecule has 2 rings (SSSR count). The first-order valence-electron chi connectivity index (χ1n) is 5.43. The zero-order valence-corrected chi connectivity index (χ0v) is 14.6. The maximum Gasteiger partial charge on any atom is 0.0659 e. The summed E-state index contributed by atoms with van der Waals surface area (Å²) in [6, 6.07) is 10.4. The highest BCUT2D eigenvalue weighted by atomic mass is 127. The minimum absolute atomic E-state index is 1.06. The molecule has 1 aromatic heterocycles. The molecular weight excluding hydrogens is 438 g/mol. The van der Waals surface area contributed by atoms with E-state index in [2.05, 4.69) is 88.4 Å². The second kappa shape index (κ2) is 7.35. The molecule has 0 spiro atoms. The molecule has 0 fully saturated rings. The maximum atomic E-state index is 4.43. The van der Waals surface area contributed by atoms with Gasteiger partial charge in [-0.15, -0.1) is 0 Å². The lowest BCUT2D eigenvalue weighted by molar-refractivity contribution is 0.833. The summed E-state index contributed by atoms with van der Waals surface area (Å²) in [5.74, 6) is 0. The standard InChI is InChI=1S/C11H11IN2.C2H5I/c1-8-6-9(2)14(13-8)11-5-3-4-10(12)7-11;1-2-3/h3-7H,1-2H3;2H2,1H3. The lowest BCUT2D eigenvalue weighted by Gasteiger charge is -2.03. The van der Waals surface area contributed by atoms with Crippen molar-refractivity contribution >= 4 is 45.2 Å². The Morgan fingerprint density at radius 2 is 1.88 bits per heavy atom. The first-order valence-corrected chi connectivity index (χ1v) is 8.04. The number of hydrogen-bond acceptors (Lipinski definition) is 1. The average Bonchev–Trinajstić information content (AvgIpc) is 2.59. The van der Waals surface area contributed by atoms with Crippen molar-refractivity contribution in [2.75, 3.05) is 4.43 Å². The Kier molecular flexibility index (Phi) is 6.47. The molecule has 0 atom stereocenters. The third-order valence-corrected chi connectivity index (χ3v) is 2.73. The minimum atomic E-state index is 1.06. The quantitative estimate of drug-likeness (QED) is 0.458. The number of alkyl halides is 1. The number of halogens is 2. The van der Waals surface area contributed by atoms with Gasteiger partial charge in [0.05, 0.1) is 11.4 Å². The molecule has 2 aromatic rings. The Bertz CT molecular complexity index is 478. The summed E-state index contributed by atoms with van der Waals surface area (Å²) in [5, 5.41) is 4.43. The van der Waals surface area contributed by atoms with Crippen LogP contribution in [0.1, 0.15) is 18.3 Å². The van der Waals surface area contributed by atoms with Crippen molar-refractivity contribution in [2.24, 2.45) is 0 Å². The summed E-state index contributed by atoms with van der Waals surface area (Å²) in [5.41, 5.74) is 3.35. The molecule has 92 valence electrons. The summed E-state index contributed by atoms with van der Waals surface area (Å²) >= 11 is 4.60. The van der Waals surface area contributed by atoms with Crippen molar-refractivity contribution in [3.8, 4) is 5.69 Å². The number of hydrogen-bond donors (Lipinski definition) is 0. The van der Waals surface area contributed by atoms with Crippen LogP contribution in [0.15, 0.2) is 30.3 Å². The molecule has 0 saturated carbocycles. The van der Waals surface area contributed by atoms with Gasteiger partial charge in [0.15, 0.2) is 0 Å². The van der Waals surface area contributed by atoms with Gasteiger partial charge < -0.3 is 0 Å². The van der Waals surface area contributed by atoms with Crippen LogP contribution in [0.25, 0.3) is 5.69 Å². The summed E-state index contributed by atoms with van der Waals surface area (Å²) in [6.07, 6.45) is 0. The second-order valence-electron chi connectivity index (χ2n) is 3.59. The first kappa shape index (κ1) is 14.9. The molecule has 0 radical (unpaired) electrons. The lowest BCUT2D eigenvalue weighted by atomic mass is 10.3. The van der Waals surface area contributed by atoms with Crippen LogP contribution >= 0.6 is 45.2 Å². The number of rotatable bonds is 1. The van der Waals surface area contributed by atoms with Crippen molar-refractivity contribution in [1.29, 1.82) is 0 Å². The zero-order chi connectivity index (χ0) is 12.8. The lowest BCUT2D eigenvalue weighted by Crippen LogP contribution is -1.98. The number of aryl methyl sites for hydroxylation is 2. The van der Waals surface area contributed by atoms with Gasteiger partial charge in [-0.05, 0) is 65.1 Å². The highest BCUT2D eigenvalue weighted by Gasteiger charge is 2.02. The van der Waals surface area contributed by atoms with Crippen molar-refractivity contribution in [3.05, 3.63) is 45.3 Å². The predicted molar refractivity (Wildman–Crippen MR) is 90.3 cm³/mol. The Hall–Kier alpha value is -0.110. The van der Waals surface area contributed by atoms with E-state index in [1.54, 1.807) is 0 Å². The van der Waals surface area contributed by atoms with Crippen LogP contribution in [0.3, 0.4) is 0 Å². The maximum absolute atomic E-state index is 4.43. The molecule has 1 aromatic carbocycles. The van der Waals surface area contributed by atoms with E-state index in [1.165, 1.54) is 13.7 Å². The van der Waals surface area contributed by atoms with E-state index in [-0.39, 0.29) is 0 Å². The third-order valence-electron chi connectivity index (χ3n) is 2.06. The molecule has 0 amide bonds. The van der Waals surface area contributed by atoms with Gasteiger partial charge in [0, 0.05) is 9.26 Å². The fourth-order valence-corrected chi connectivity index (χ4v) is 2.02. The highest BCUT2D eigenvalue weighted by molar-refractivity contribution is 14.1. The van der Waals surface area contributed by atoms with Gasteiger partial charge >= 0.3 is 0 Å². The normalized spacial score (nSPS) is 9.71. The summed E-state index contributed by atoms with van der Waals surface area (Å²) in [6.45, 7) is 6.19. The van der Waals surface area contributed by atoms with Crippen LogP contribution < -0.4 is 0 Å². The van der Waals surface area contributed by atoms with Crippen LogP contribution in [0.4, 0.5) is 0 Å². The molecular formula is C13H16I2N2. The average molecular weight is 454 g/mol. The van der Waals surface area contributed by atoms with Gasteiger partial charge in [0.25, 0.3) is 0 Å². The van der Waals surface area contributed by atoms with E-state index in [4.69, 9.17) is 0 Å². The highest BCUT2D eigenvalue weighted by Crippen LogP contribution is 2.14. The molecule has 2 nitrogen and oxygen atoms in total. The molecule has 0 aliphatic heterocycles. The van der Waals surface area contributed by atoms with Crippen molar-refractivity contribution < 1.29 is 0 Å². The van der Waals surface area contributed by atoms with Crippen molar-refractivity contribution in [3.63, 3.8) is 0 Å². The fourth-order valence-electron chi connectivity index (χ4n) is 1.50. The monoisotopic (exact) mass is 454 g/mol. The smallest absolute Gasteiger partial charge is 0.0659 e. The molecule has 0 N–H and O–H groups in total. The molecule has 0 aliphatic carbocycles. The topological polar surface area (TPSA) is 17.8 Å². The Morgan fingerprint density at radius 3 is 2.35 bits per heavy atom. The van der Waals surface area contributed by atoms with Crippen LogP contribution in [0.2, 0.25) is 0 Å². The minimum Gasteiger partial charge on any atom is -0.238 e. The van der Waals surface area contributed by atoms with E-state index in [1.807, 2.05) is 17.7 Å². The Labute approximate surface area is 130 Å². The fraction of sp³-hybridized carbons (Fsp3) is 0.308. The summed E-state index contributed by atoms with van der Waals surface area (Å²) in [4.78, 5) is 0. The van der Waals surface area contributed by atoms with Crippen LogP contribution in [-0.4, -0.2) is 14.2 Å². The molecule has 17 heavy (non-hydrogen) atoms. The molecule has 0 bridgehead atoms. The number of nitrogens with zero attached hydrogens (tertiary/aromatic N) is 2. The SMILES string of the molecule is CCI.Cc1cc(C)n(-c2cccc(I)c2)n1. The third kappa shape index (κ3) is 4.57. The van der Waals surface area contributed by atoms with Crippen molar-refractivity contribution in [1.82, 2.24) is 9.78 Å². The van der Waals surface area contributed by atoms with Crippen LogP contribution in [-0.2, 0) is 0 Å². The van der Waals surface area contributed by atoms with Gasteiger partial charge in [-0.3, -0.25) is 0 Å². The molecule has 0 saturated heterocycles. The van der Waals surface area contributed by atoms with E-state index >= 15 is 0 Å². The first-order chi connectivity index (χ1) is 8.08. The zero-order valence-electron chi connectivity index (χ0n) is 10.2. The molecule has 4 heteroatoms. The van der Waals surface area contributed by atoms with Gasteiger partial charge in [-0.2, -0.15) is 5.10 Å². The molecule has 0 unspecified atom stereocenters. The van der Waals surface area contributed by atoms with Gasteiger partial charge in [0.2, 0.25) is 0 Å². The summed E-state index contributed by atoms with van der Waals surface area (Å²) < 4.78 is 4.42.